The van der Waals surface area contributed by atoms with Gasteiger partial charge in [0.25, 0.3) is 0 Å². The molecule has 2 atom stereocenters. The number of hydrogen-bond acceptors (Lipinski definition) is 5. The maximum atomic E-state index is 11.4. The van der Waals surface area contributed by atoms with Crippen molar-refractivity contribution < 1.29 is 24.5 Å². The van der Waals surface area contributed by atoms with E-state index < -0.39 is 30.5 Å². The number of aliphatic carboxylic acids is 1. The molecule has 4 N–H and O–H groups in total. The Morgan fingerprint density at radius 1 is 1.28 bits per heavy atom. The molecule has 1 unspecified atom stereocenters. The van der Waals surface area contributed by atoms with Crippen LogP contribution in [0, 0.1) is 0 Å². The Bertz CT molecular complexity index is 406. The predicted molar refractivity (Wildman–Crippen MR) is 62.5 cm³/mol. The molecular weight excluding hydrogens is 238 g/mol. The first kappa shape index (κ1) is 14.1. The molecule has 18 heavy (non-hydrogen) atoms. The molecule has 98 valence electrons. The monoisotopic (exact) mass is 253 g/mol. The molecule has 0 bridgehead atoms. The van der Waals surface area contributed by atoms with E-state index in [1.54, 1.807) is 24.3 Å². The van der Waals surface area contributed by atoms with Gasteiger partial charge in [0, 0.05) is 0 Å². The first-order valence-corrected chi connectivity index (χ1v) is 5.36. The zero-order valence-electron chi connectivity index (χ0n) is 9.65. The van der Waals surface area contributed by atoms with Gasteiger partial charge in [-0.25, -0.2) is 0 Å². The number of aliphatic hydroxyl groups is 1. The number of benzene rings is 1. The van der Waals surface area contributed by atoms with Crippen LogP contribution in [0.3, 0.4) is 0 Å². The molecule has 0 amide bonds. The van der Waals surface area contributed by atoms with Crippen LogP contribution in [-0.2, 0) is 20.9 Å². The molecule has 1 aromatic carbocycles. The molecule has 0 saturated carbocycles. The third kappa shape index (κ3) is 4.52. The van der Waals surface area contributed by atoms with Crippen LogP contribution in [0.4, 0.5) is 0 Å². The lowest BCUT2D eigenvalue weighted by Gasteiger charge is -2.15. The molecule has 1 aromatic rings. The first-order chi connectivity index (χ1) is 8.50. The van der Waals surface area contributed by atoms with Crippen LogP contribution >= 0.6 is 0 Å². The van der Waals surface area contributed by atoms with Gasteiger partial charge in [-0.1, -0.05) is 30.3 Å². The summed E-state index contributed by atoms with van der Waals surface area (Å²) in [7, 11) is 0. The Balaban J connectivity index is 2.43. The maximum absolute atomic E-state index is 11.4. The van der Waals surface area contributed by atoms with Crippen molar-refractivity contribution in [1.82, 2.24) is 0 Å². The summed E-state index contributed by atoms with van der Waals surface area (Å²) >= 11 is 0. The lowest BCUT2D eigenvalue weighted by Crippen LogP contribution is -2.43. The summed E-state index contributed by atoms with van der Waals surface area (Å²) in [5.74, 6) is -2.05. The van der Waals surface area contributed by atoms with E-state index in [0.717, 1.165) is 5.56 Å². The highest BCUT2D eigenvalue weighted by Gasteiger charge is 2.26. The smallest absolute Gasteiger partial charge is 0.325 e. The topological polar surface area (TPSA) is 110 Å². The molecule has 0 aliphatic carbocycles. The number of aliphatic hydroxyl groups excluding tert-OH is 1. The molecule has 6 nitrogen and oxygen atoms in total. The van der Waals surface area contributed by atoms with Crippen LogP contribution in [0.15, 0.2) is 30.3 Å². The van der Waals surface area contributed by atoms with Crippen LogP contribution in [-0.4, -0.2) is 34.3 Å². The minimum Gasteiger partial charge on any atom is -0.481 e. The van der Waals surface area contributed by atoms with E-state index in [4.69, 9.17) is 15.6 Å². The Labute approximate surface area is 104 Å². The fourth-order valence-electron chi connectivity index (χ4n) is 1.29. The molecule has 0 radical (unpaired) electrons. The standard InChI is InChI=1S/C12H15NO5/c13-11(9(14)6-10(15)16)12(17)18-7-8-4-2-1-3-5-8/h1-5,9,11,14H,6-7,13H2,(H,15,16)/t9?,11-/m0/s1. The van der Waals surface area contributed by atoms with Crippen molar-refractivity contribution in [3.05, 3.63) is 35.9 Å². The zero-order valence-corrected chi connectivity index (χ0v) is 9.65. The second kappa shape index (κ2) is 6.73. The molecule has 0 aromatic heterocycles. The van der Waals surface area contributed by atoms with E-state index in [1.165, 1.54) is 0 Å². The van der Waals surface area contributed by atoms with E-state index in [9.17, 15) is 14.7 Å². The number of ether oxygens (including phenoxy) is 1. The van der Waals surface area contributed by atoms with Gasteiger partial charge in [-0.15, -0.1) is 0 Å². The minimum atomic E-state index is -1.45. The highest BCUT2D eigenvalue weighted by atomic mass is 16.5. The Morgan fingerprint density at radius 3 is 2.44 bits per heavy atom. The number of nitrogens with two attached hydrogens (primary N) is 1. The van der Waals surface area contributed by atoms with Gasteiger partial charge in [0.2, 0.25) is 0 Å². The summed E-state index contributed by atoms with van der Waals surface area (Å²) in [4.78, 5) is 21.8. The summed E-state index contributed by atoms with van der Waals surface area (Å²) in [6, 6.07) is 7.60. The number of carboxylic acid groups (broad SMARTS) is 1. The molecule has 0 saturated heterocycles. The Kier molecular flexibility index (Phi) is 5.29. The van der Waals surface area contributed by atoms with Gasteiger partial charge in [-0.3, -0.25) is 9.59 Å². The maximum Gasteiger partial charge on any atom is 0.325 e. The van der Waals surface area contributed by atoms with Crippen LogP contribution in [0.5, 0.6) is 0 Å². The van der Waals surface area contributed by atoms with E-state index >= 15 is 0 Å². The first-order valence-electron chi connectivity index (χ1n) is 5.36. The Morgan fingerprint density at radius 2 is 1.89 bits per heavy atom. The van der Waals surface area contributed by atoms with Crippen molar-refractivity contribution in [2.45, 2.75) is 25.2 Å². The minimum absolute atomic E-state index is 0.0349. The van der Waals surface area contributed by atoms with Crippen LogP contribution in [0.2, 0.25) is 0 Å². The summed E-state index contributed by atoms with van der Waals surface area (Å²) < 4.78 is 4.88. The average molecular weight is 253 g/mol. The largest absolute Gasteiger partial charge is 0.481 e. The third-order valence-electron chi connectivity index (χ3n) is 2.29. The quantitative estimate of drug-likeness (QED) is 0.610. The van der Waals surface area contributed by atoms with Crippen LogP contribution < -0.4 is 5.73 Å². The van der Waals surface area contributed by atoms with E-state index in [1.807, 2.05) is 6.07 Å². The van der Waals surface area contributed by atoms with Crippen molar-refractivity contribution in [2.75, 3.05) is 0 Å². The summed E-state index contributed by atoms with van der Waals surface area (Å²) in [5, 5.41) is 17.8. The van der Waals surface area contributed by atoms with Crippen molar-refractivity contribution in [2.24, 2.45) is 5.73 Å². The van der Waals surface area contributed by atoms with Crippen molar-refractivity contribution >= 4 is 11.9 Å². The van der Waals surface area contributed by atoms with E-state index in [-0.39, 0.29) is 6.61 Å². The second-order valence-electron chi connectivity index (χ2n) is 3.78. The molecule has 6 heteroatoms. The SMILES string of the molecule is N[C@H](C(=O)OCc1ccccc1)C(O)CC(=O)O. The van der Waals surface area contributed by atoms with Crippen molar-refractivity contribution in [3.8, 4) is 0 Å². The van der Waals surface area contributed by atoms with Gasteiger partial charge >= 0.3 is 11.9 Å². The lowest BCUT2D eigenvalue weighted by atomic mass is 10.1. The van der Waals surface area contributed by atoms with Gasteiger partial charge in [0.05, 0.1) is 12.5 Å². The lowest BCUT2D eigenvalue weighted by molar-refractivity contribution is -0.150. The predicted octanol–water partition coefficient (Wildman–Crippen LogP) is -0.107. The van der Waals surface area contributed by atoms with Gasteiger partial charge in [0.1, 0.15) is 12.6 Å². The Hall–Kier alpha value is -1.92. The summed E-state index contributed by atoms with van der Waals surface area (Å²) in [6.07, 6.45) is -2.05. The fourth-order valence-corrected chi connectivity index (χ4v) is 1.29. The highest BCUT2D eigenvalue weighted by molar-refractivity contribution is 5.77. The molecule has 0 aliphatic heterocycles. The van der Waals surface area contributed by atoms with Gasteiger partial charge in [-0.05, 0) is 5.56 Å². The molecular formula is C12H15NO5. The number of carboxylic acids is 1. The van der Waals surface area contributed by atoms with Crippen LogP contribution in [0.1, 0.15) is 12.0 Å². The van der Waals surface area contributed by atoms with Gasteiger partial charge in [0.15, 0.2) is 0 Å². The number of hydrogen-bond donors (Lipinski definition) is 3. The molecule has 0 aliphatic rings. The fraction of sp³-hybridized carbons (Fsp3) is 0.333. The number of carbonyl (C=O) groups is 2. The van der Waals surface area contributed by atoms with Gasteiger partial charge in [-0.2, -0.15) is 0 Å². The molecule has 0 heterocycles. The molecule has 0 fully saturated rings. The zero-order chi connectivity index (χ0) is 13.5. The number of carbonyl (C=O) groups excluding carboxylic acids is 1. The molecule has 1 rings (SSSR count). The number of rotatable bonds is 6. The summed E-state index contributed by atoms with van der Waals surface area (Å²) in [6.45, 7) is 0.0349. The van der Waals surface area contributed by atoms with E-state index in [2.05, 4.69) is 0 Å². The molecule has 0 spiro atoms. The third-order valence-corrected chi connectivity index (χ3v) is 2.29. The second-order valence-corrected chi connectivity index (χ2v) is 3.78. The van der Waals surface area contributed by atoms with Gasteiger partial charge < -0.3 is 20.7 Å². The summed E-state index contributed by atoms with van der Waals surface area (Å²) in [5.41, 5.74) is 6.17. The highest BCUT2D eigenvalue weighted by Crippen LogP contribution is 2.04. The van der Waals surface area contributed by atoms with Crippen molar-refractivity contribution in [1.29, 1.82) is 0 Å². The number of esters is 1. The van der Waals surface area contributed by atoms with Crippen LogP contribution in [0.25, 0.3) is 0 Å². The van der Waals surface area contributed by atoms with Crippen molar-refractivity contribution in [3.63, 3.8) is 0 Å². The normalized spacial score (nSPS) is 13.7. The average Bonchev–Trinajstić information content (AvgIpc) is 2.35. The van der Waals surface area contributed by atoms with E-state index in [0.29, 0.717) is 0 Å².